The Hall–Kier alpha value is -0.910. The van der Waals surface area contributed by atoms with Crippen molar-refractivity contribution in [2.24, 2.45) is 12.8 Å². The summed E-state index contributed by atoms with van der Waals surface area (Å²) in [6, 6.07) is 0.174. The molecular formula is C12H22N4O. The first-order valence-corrected chi connectivity index (χ1v) is 6.26. The van der Waals surface area contributed by atoms with E-state index in [4.69, 9.17) is 10.5 Å². The summed E-state index contributed by atoms with van der Waals surface area (Å²) in [7, 11) is 1.95. The molecular weight excluding hydrogens is 216 g/mol. The number of rotatable bonds is 5. The quantitative estimate of drug-likeness (QED) is 0.784. The Kier molecular flexibility index (Phi) is 4.15. The maximum Gasteiger partial charge on any atom is 0.0700 e. The van der Waals surface area contributed by atoms with Gasteiger partial charge in [0.1, 0.15) is 0 Å². The van der Waals surface area contributed by atoms with Gasteiger partial charge >= 0.3 is 0 Å². The summed E-state index contributed by atoms with van der Waals surface area (Å²) >= 11 is 0. The Morgan fingerprint density at radius 2 is 2.53 bits per heavy atom. The molecule has 1 fully saturated rings. The van der Waals surface area contributed by atoms with Gasteiger partial charge in [-0.15, -0.1) is 0 Å². The molecule has 17 heavy (non-hydrogen) atoms. The first-order valence-electron chi connectivity index (χ1n) is 6.26. The molecule has 2 unspecified atom stereocenters. The first-order chi connectivity index (χ1) is 8.22. The highest BCUT2D eigenvalue weighted by Crippen LogP contribution is 2.17. The van der Waals surface area contributed by atoms with Gasteiger partial charge in [0.15, 0.2) is 0 Å². The van der Waals surface area contributed by atoms with Gasteiger partial charge in [-0.05, 0) is 19.8 Å². The van der Waals surface area contributed by atoms with E-state index in [1.54, 1.807) is 0 Å². The lowest BCUT2D eigenvalue weighted by Crippen LogP contribution is -2.34. The summed E-state index contributed by atoms with van der Waals surface area (Å²) in [6.07, 6.45) is 4.57. The average molecular weight is 238 g/mol. The summed E-state index contributed by atoms with van der Waals surface area (Å²) in [5, 5.41) is 7.73. The minimum atomic E-state index is 0.174. The van der Waals surface area contributed by atoms with E-state index < -0.39 is 0 Å². The van der Waals surface area contributed by atoms with Crippen molar-refractivity contribution in [1.82, 2.24) is 15.1 Å². The Bertz CT molecular complexity index is 357. The van der Waals surface area contributed by atoms with Crippen LogP contribution in [0.1, 0.15) is 30.1 Å². The van der Waals surface area contributed by atoms with E-state index in [1.807, 2.05) is 17.9 Å². The maximum atomic E-state index is 5.83. The minimum absolute atomic E-state index is 0.174. The molecule has 0 radical (unpaired) electrons. The summed E-state index contributed by atoms with van der Waals surface area (Å²) in [6.45, 7) is 4.42. The van der Waals surface area contributed by atoms with Crippen LogP contribution in [0.2, 0.25) is 0 Å². The molecule has 0 amide bonds. The highest BCUT2D eigenvalue weighted by Gasteiger charge is 2.19. The van der Waals surface area contributed by atoms with Gasteiger partial charge in [0, 0.05) is 44.0 Å². The van der Waals surface area contributed by atoms with Crippen LogP contribution in [-0.2, 0) is 11.8 Å². The van der Waals surface area contributed by atoms with E-state index in [0.717, 1.165) is 19.6 Å². The van der Waals surface area contributed by atoms with Gasteiger partial charge in [-0.1, -0.05) is 0 Å². The van der Waals surface area contributed by atoms with Gasteiger partial charge in [-0.2, -0.15) is 5.10 Å². The Morgan fingerprint density at radius 1 is 1.71 bits per heavy atom. The van der Waals surface area contributed by atoms with Crippen LogP contribution >= 0.6 is 0 Å². The van der Waals surface area contributed by atoms with Crippen LogP contribution in [0.4, 0.5) is 0 Å². The van der Waals surface area contributed by atoms with Crippen LogP contribution in [0.25, 0.3) is 0 Å². The maximum absolute atomic E-state index is 5.83. The molecule has 5 nitrogen and oxygen atoms in total. The Labute approximate surface area is 102 Å². The molecule has 1 saturated heterocycles. The van der Waals surface area contributed by atoms with Gasteiger partial charge in [-0.3, -0.25) is 4.68 Å². The molecule has 0 saturated carbocycles. The summed E-state index contributed by atoms with van der Waals surface area (Å²) in [4.78, 5) is 0. The summed E-state index contributed by atoms with van der Waals surface area (Å²) < 4.78 is 7.48. The van der Waals surface area contributed by atoms with Gasteiger partial charge in [-0.25, -0.2) is 0 Å². The first kappa shape index (κ1) is 12.5. The van der Waals surface area contributed by atoms with E-state index >= 15 is 0 Å². The van der Waals surface area contributed by atoms with Gasteiger partial charge in [0.25, 0.3) is 0 Å². The molecule has 5 heteroatoms. The number of nitrogens with zero attached hydrogens (tertiary/aromatic N) is 2. The predicted octanol–water partition coefficient (Wildman–Crippen LogP) is 0.497. The SMILES string of the molecule is Cc1c(C(CN)NCC2CCCO2)cnn1C. The number of hydrogen-bond acceptors (Lipinski definition) is 4. The summed E-state index contributed by atoms with van der Waals surface area (Å²) in [5.74, 6) is 0. The lowest BCUT2D eigenvalue weighted by atomic mass is 10.1. The fraction of sp³-hybridized carbons (Fsp3) is 0.750. The molecule has 0 spiro atoms. The second-order valence-corrected chi connectivity index (χ2v) is 4.64. The largest absolute Gasteiger partial charge is 0.377 e. The van der Waals surface area contributed by atoms with E-state index in [2.05, 4.69) is 17.3 Å². The van der Waals surface area contributed by atoms with Crippen molar-refractivity contribution in [3.8, 4) is 0 Å². The van der Waals surface area contributed by atoms with Crippen molar-refractivity contribution in [2.75, 3.05) is 19.7 Å². The van der Waals surface area contributed by atoms with Crippen molar-refractivity contribution in [1.29, 1.82) is 0 Å². The second kappa shape index (κ2) is 5.62. The van der Waals surface area contributed by atoms with Crippen molar-refractivity contribution in [2.45, 2.75) is 31.9 Å². The topological polar surface area (TPSA) is 65.1 Å². The zero-order valence-electron chi connectivity index (χ0n) is 10.6. The molecule has 1 aromatic rings. The van der Waals surface area contributed by atoms with E-state index in [-0.39, 0.29) is 6.04 Å². The molecule has 1 aromatic heterocycles. The number of hydrogen-bond donors (Lipinski definition) is 2. The molecule has 3 N–H and O–H groups in total. The molecule has 0 bridgehead atoms. The number of nitrogens with one attached hydrogen (secondary N) is 1. The fourth-order valence-corrected chi connectivity index (χ4v) is 2.26. The highest BCUT2D eigenvalue weighted by molar-refractivity contribution is 5.20. The normalized spacial score (nSPS) is 21.9. The molecule has 2 atom stereocenters. The van der Waals surface area contributed by atoms with Crippen LogP contribution in [0, 0.1) is 6.92 Å². The van der Waals surface area contributed by atoms with E-state index in [1.165, 1.54) is 17.7 Å². The van der Waals surface area contributed by atoms with Crippen molar-refractivity contribution >= 4 is 0 Å². The Morgan fingerprint density at radius 3 is 3.06 bits per heavy atom. The zero-order chi connectivity index (χ0) is 12.3. The third-order valence-electron chi connectivity index (χ3n) is 3.50. The average Bonchev–Trinajstić information content (AvgIpc) is 2.94. The highest BCUT2D eigenvalue weighted by atomic mass is 16.5. The van der Waals surface area contributed by atoms with E-state index in [9.17, 15) is 0 Å². The van der Waals surface area contributed by atoms with Crippen molar-refractivity contribution < 1.29 is 4.74 Å². The smallest absolute Gasteiger partial charge is 0.0700 e. The molecule has 2 heterocycles. The standard InChI is InChI=1S/C12H22N4O/c1-9-11(8-15-16(9)2)12(6-13)14-7-10-4-3-5-17-10/h8,10,12,14H,3-7,13H2,1-2H3. The molecule has 96 valence electrons. The predicted molar refractivity (Wildman–Crippen MR) is 66.7 cm³/mol. The Balaban J connectivity index is 1.94. The molecule has 2 rings (SSSR count). The minimum Gasteiger partial charge on any atom is -0.377 e. The van der Waals surface area contributed by atoms with Gasteiger partial charge < -0.3 is 15.8 Å². The van der Waals surface area contributed by atoms with Crippen molar-refractivity contribution in [3.63, 3.8) is 0 Å². The van der Waals surface area contributed by atoms with Crippen LogP contribution in [0.5, 0.6) is 0 Å². The fourth-order valence-electron chi connectivity index (χ4n) is 2.26. The van der Waals surface area contributed by atoms with Crippen LogP contribution in [0.3, 0.4) is 0 Å². The van der Waals surface area contributed by atoms with Crippen molar-refractivity contribution in [3.05, 3.63) is 17.5 Å². The van der Waals surface area contributed by atoms with Crippen LogP contribution < -0.4 is 11.1 Å². The monoisotopic (exact) mass is 238 g/mol. The number of nitrogens with two attached hydrogens (primary N) is 1. The third-order valence-corrected chi connectivity index (χ3v) is 3.50. The number of aromatic nitrogens is 2. The van der Waals surface area contributed by atoms with Gasteiger partial charge in [0.05, 0.1) is 12.3 Å². The lowest BCUT2D eigenvalue weighted by Gasteiger charge is -2.19. The molecule has 1 aliphatic rings. The number of aryl methyl sites for hydroxylation is 1. The zero-order valence-corrected chi connectivity index (χ0v) is 10.6. The van der Waals surface area contributed by atoms with Gasteiger partial charge in [0.2, 0.25) is 0 Å². The van der Waals surface area contributed by atoms with Crippen LogP contribution in [0.15, 0.2) is 6.20 Å². The summed E-state index contributed by atoms with van der Waals surface area (Å²) in [5.41, 5.74) is 8.18. The molecule has 1 aliphatic heterocycles. The molecule has 0 aromatic carbocycles. The van der Waals surface area contributed by atoms with Crippen LogP contribution in [-0.4, -0.2) is 35.6 Å². The number of ether oxygens (including phenoxy) is 1. The molecule has 0 aliphatic carbocycles. The third kappa shape index (κ3) is 2.86. The second-order valence-electron chi connectivity index (χ2n) is 4.64. The lowest BCUT2D eigenvalue weighted by molar-refractivity contribution is 0.107. The van der Waals surface area contributed by atoms with E-state index in [0.29, 0.717) is 12.6 Å².